The molecule has 106 valence electrons. The van der Waals surface area contributed by atoms with Gasteiger partial charge in [-0.25, -0.2) is 8.42 Å². The number of hydrogen-bond donors (Lipinski definition) is 1. The highest BCUT2D eigenvalue weighted by molar-refractivity contribution is 9.10. The molecule has 0 saturated carbocycles. The van der Waals surface area contributed by atoms with Crippen molar-refractivity contribution in [3.63, 3.8) is 0 Å². The lowest BCUT2D eigenvalue weighted by Crippen LogP contribution is -2.15. The summed E-state index contributed by atoms with van der Waals surface area (Å²) in [7, 11) is -3.71. The summed E-state index contributed by atoms with van der Waals surface area (Å²) in [6, 6.07) is 4.04. The molecule has 0 aliphatic rings. The van der Waals surface area contributed by atoms with Crippen molar-refractivity contribution < 1.29 is 8.42 Å². The third-order valence-electron chi connectivity index (χ3n) is 2.52. The quantitative estimate of drug-likeness (QED) is 0.864. The van der Waals surface area contributed by atoms with Gasteiger partial charge in [0.05, 0.1) is 15.1 Å². The van der Waals surface area contributed by atoms with Crippen LogP contribution in [0.15, 0.2) is 44.8 Å². The van der Waals surface area contributed by atoms with Gasteiger partial charge in [-0.3, -0.25) is 4.79 Å². The summed E-state index contributed by atoms with van der Waals surface area (Å²) >= 11 is 14.6. The molecule has 0 amide bonds. The lowest BCUT2D eigenvalue weighted by atomic mass is 10.3. The molecule has 0 spiro atoms. The number of nitrogens with one attached hydrogen (secondary N) is 1. The molecule has 0 fully saturated rings. The average Bonchev–Trinajstić information content (AvgIpc) is 2.33. The van der Waals surface area contributed by atoms with E-state index in [9.17, 15) is 13.2 Å². The predicted molar refractivity (Wildman–Crippen MR) is 82.1 cm³/mol. The van der Waals surface area contributed by atoms with Gasteiger partial charge in [-0.2, -0.15) is 0 Å². The summed E-state index contributed by atoms with van der Waals surface area (Å²) in [5.41, 5.74) is -0.240. The van der Waals surface area contributed by atoms with Gasteiger partial charge in [0.15, 0.2) is 15.3 Å². The number of halogens is 3. The van der Waals surface area contributed by atoms with E-state index in [4.69, 9.17) is 23.2 Å². The van der Waals surface area contributed by atoms with Gasteiger partial charge in [0.25, 0.3) is 0 Å². The second-order valence-electron chi connectivity index (χ2n) is 4.02. The molecule has 0 radical (unpaired) electrons. The van der Waals surface area contributed by atoms with Crippen LogP contribution in [0.5, 0.6) is 0 Å². The van der Waals surface area contributed by atoms with Crippen LogP contribution < -0.4 is 5.43 Å². The fourth-order valence-corrected chi connectivity index (χ4v) is 4.05. The van der Waals surface area contributed by atoms with Crippen LogP contribution in [-0.2, 0) is 15.6 Å². The highest BCUT2D eigenvalue weighted by Gasteiger charge is 2.19. The molecule has 1 aromatic carbocycles. The Morgan fingerprint density at radius 2 is 1.70 bits per heavy atom. The summed E-state index contributed by atoms with van der Waals surface area (Å²) < 4.78 is 24.8. The van der Waals surface area contributed by atoms with Crippen LogP contribution in [0, 0.1) is 0 Å². The highest BCUT2D eigenvalue weighted by Crippen LogP contribution is 2.24. The molecule has 1 heterocycles. The monoisotopic (exact) mass is 395 g/mol. The Kier molecular flexibility index (Phi) is 4.59. The number of aromatic nitrogens is 1. The molecule has 0 aliphatic heterocycles. The second-order valence-corrected chi connectivity index (χ2v) is 7.74. The van der Waals surface area contributed by atoms with Crippen LogP contribution in [-0.4, -0.2) is 13.4 Å². The Hall–Kier alpha value is -0.820. The maximum Gasteiger partial charge on any atom is 0.199 e. The van der Waals surface area contributed by atoms with Crippen LogP contribution in [0.2, 0.25) is 10.0 Å². The smallest absolute Gasteiger partial charge is 0.199 e. The molecule has 0 saturated heterocycles. The topological polar surface area (TPSA) is 67.0 Å². The summed E-state index contributed by atoms with van der Waals surface area (Å²) in [6.45, 7) is 0. The summed E-state index contributed by atoms with van der Waals surface area (Å²) in [6.07, 6.45) is 2.80. The van der Waals surface area contributed by atoms with Gasteiger partial charge < -0.3 is 4.98 Å². The molecule has 0 unspecified atom stereocenters. The van der Waals surface area contributed by atoms with Crippen LogP contribution in [0.1, 0.15) is 5.56 Å². The standard InChI is InChI=1S/C12H8BrCl2NO3S/c13-11-5-16-4-7(12(11)17)6-20(18,19)10-2-8(14)1-9(15)3-10/h1-5H,6H2,(H,16,17). The normalized spacial score (nSPS) is 11.6. The van der Waals surface area contributed by atoms with Gasteiger partial charge in [-0.15, -0.1) is 0 Å². The minimum Gasteiger partial charge on any atom is -0.366 e. The van der Waals surface area contributed by atoms with Crippen molar-refractivity contribution in [3.05, 3.63) is 60.9 Å². The Morgan fingerprint density at radius 3 is 2.30 bits per heavy atom. The average molecular weight is 397 g/mol. The van der Waals surface area contributed by atoms with Gasteiger partial charge in [0, 0.05) is 28.0 Å². The first-order valence-corrected chi connectivity index (χ1v) is 8.54. The number of hydrogen-bond acceptors (Lipinski definition) is 3. The van der Waals surface area contributed by atoms with Crippen molar-refractivity contribution in [2.45, 2.75) is 10.6 Å². The summed E-state index contributed by atoms with van der Waals surface area (Å²) in [5.74, 6) is -0.432. The lowest BCUT2D eigenvalue weighted by molar-refractivity contribution is 0.595. The zero-order valence-corrected chi connectivity index (χ0v) is 13.8. The second kappa shape index (κ2) is 5.89. The Labute approximate surface area is 133 Å². The molecule has 0 atom stereocenters. The first kappa shape index (κ1) is 15.6. The first-order chi connectivity index (χ1) is 9.29. The number of pyridine rings is 1. The SMILES string of the molecule is O=c1c(Br)c[nH]cc1CS(=O)(=O)c1cc(Cl)cc(Cl)c1. The highest BCUT2D eigenvalue weighted by atomic mass is 79.9. The molecule has 2 rings (SSSR count). The third-order valence-corrected chi connectivity index (χ3v) is 5.19. The fourth-order valence-electron chi connectivity index (χ4n) is 1.60. The Balaban J connectivity index is 2.46. The maximum atomic E-state index is 12.3. The largest absolute Gasteiger partial charge is 0.366 e. The molecule has 0 bridgehead atoms. The van der Waals surface area contributed by atoms with Crippen LogP contribution in [0.3, 0.4) is 0 Å². The lowest BCUT2D eigenvalue weighted by Gasteiger charge is -2.06. The van der Waals surface area contributed by atoms with E-state index in [1.165, 1.54) is 30.6 Å². The Morgan fingerprint density at radius 1 is 1.10 bits per heavy atom. The van der Waals surface area contributed by atoms with Gasteiger partial charge in [-0.1, -0.05) is 23.2 Å². The van der Waals surface area contributed by atoms with Crippen LogP contribution in [0.25, 0.3) is 0 Å². The van der Waals surface area contributed by atoms with Crippen molar-refractivity contribution >= 4 is 49.0 Å². The van der Waals surface area contributed by atoms with Crippen LogP contribution in [0.4, 0.5) is 0 Å². The van der Waals surface area contributed by atoms with E-state index >= 15 is 0 Å². The van der Waals surface area contributed by atoms with Crippen molar-refractivity contribution in [1.29, 1.82) is 0 Å². The number of aromatic amines is 1. The van der Waals surface area contributed by atoms with E-state index < -0.39 is 15.6 Å². The molecule has 4 nitrogen and oxygen atoms in total. The molecule has 1 aromatic heterocycles. The number of rotatable bonds is 3. The van der Waals surface area contributed by atoms with E-state index in [0.717, 1.165) is 0 Å². The molecular formula is C12H8BrCl2NO3S. The van der Waals surface area contributed by atoms with Gasteiger partial charge in [0.2, 0.25) is 0 Å². The van der Waals surface area contributed by atoms with E-state index in [2.05, 4.69) is 20.9 Å². The number of benzene rings is 1. The summed E-state index contributed by atoms with van der Waals surface area (Å²) in [5, 5.41) is 0.443. The minimum atomic E-state index is -3.71. The van der Waals surface area contributed by atoms with Crippen LogP contribution >= 0.6 is 39.1 Å². The van der Waals surface area contributed by atoms with E-state index in [0.29, 0.717) is 0 Å². The number of H-pyrrole nitrogens is 1. The maximum absolute atomic E-state index is 12.3. The third kappa shape index (κ3) is 3.44. The zero-order chi connectivity index (χ0) is 14.9. The number of sulfone groups is 1. The Bertz CT molecular complexity index is 797. The molecule has 2 aromatic rings. The molecule has 0 aliphatic carbocycles. The van der Waals surface area contributed by atoms with Crippen molar-refractivity contribution in [2.75, 3.05) is 0 Å². The van der Waals surface area contributed by atoms with E-state index in [-0.39, 0.29) is 30.4 Å². The van der Waals surface area contributed by atoms with Crippen molar-refractivity contribution in [3.8, 4) is 0 Å². The molecule has 20 heavy (non-hydrogen) atoms. The fraction of sp³-hybridized carbons (Fsp3) is 0.0833. The van der Waals surface area contributed by atoms with E-state index in [1.807, 2.05) is 0 Å². The minimum absolute atomic E-state index is 0.0191. The summed E-state index contributed by atoms with van der Waals surface area (Å²) in [4.78, 5) is 14.5. The van der Waals surface area contributed by atoms with Crippen molar-refractivity contribution in [1.82, 2.24) is 4.98 Å². The molecule has 8 heteroatoms. The van der Waals surface area contributed by atoms with Gasteiger partial charge >= 0.3 is 0 Å². The van der Waals surface area contributed by atoms with Gasteiger partial charge in [0.1, 0.15) is 0 Å². The zero-order valence-electron chi connectivity index (χ0n) is 9.86. The predicted octanol–water partition coefficient (Wildman–Crippen LogP) is 3.42. The first-order valence-electron chi connectivity index (χ1n) is 5.34. The van der Waals surface area contributed by atoms with Crippen molar-refractivity contribution in [2.24, 2.45) is 0 Å². The molecule has 1 N–H and O–H groups in total. The van der Waals surface area contributed by atoms with E-state index in [1.54, 1.807) is 0 Å². The van der Waals surface area contributed by atoms with Gasteiger partial charge in [-0.05, 0) is 34.1 Å². The molecular weight excluding hydrogens is 389 g/mol.